The van der Waals surface area contributed by atoms with Crippen molar-refractivity contribution in [2.24, 2.45) is 5.92 Å². The Bertz CT molecular complexity index is 4890. The number of hydrogen-bond donors (Lipinski definition) is 0. The van der Waals surface area contributed by atoms with Crippen LogP contribution < -0.4 is 137 Å². The zero-order valence-corrected chi connectivity index (χ0v) is 45.1. The predicted molar refractivity (Wildman–Crippen MR) is 396 cm³/mol. The molecule has 0 bridgehead atoms. The maximum atomic E-state index is 7.49. The standard InChI is InChI=1S/C52HB33/c53-23-19(20-42(72)39(69)18(40(70)43(20)73)8-6-2-4-15(34(64)25(6)55)45(75)49(79)47(77)17(4)38(68)36(66)13(2)32(62)27(8)57)41(71)30(60)11-10-21(50(22(11)23,51(80,81)82)52(83,84)85)9(28(58)29(10)59)7-5-1-3-14(33(63)24(5)54)44(74)48(78)46(76)16(3)37(67)35(65)12(1)31(61)26(7)56/h21H. The Morgan fingerprint density at radius 2 is 0.388 bits per heavy atom. The van der Waals surface area contributed by atoms with Crippen molar-refractivity contribution in [2.75, 3.05) is 0 Å². The Morgan fingerprint density at radius 1 is 0.188 bits per heavy atom. The van der Waals surface area contributed by atoms with Gasteiger partial charge in [0.25, 0.3) is 0 Å². The number of rotatable bonds is 5. The first-order valence-corrected chi connectivity index (χ1v) is 25.4. The molecule has 0 spiro atoms. The topological polar surface area (TPSA) is 0 Å². The third-order valence-corrected chi connectivity index (χ3v) is 18.2. The molecule has 0 heterocycles. The van der Waals surface area contributed by atoms with Crippen molar-refractivity contribution in [3.63, 3.8) is 0 Å². The van der Waals surface area contributed by atoms with E-state index in [-0.39, 0.29) is 262 Å². The maximum Gasteiger partial charge on any atom is 0.115 e. The molecule has 0 fully saturated rings. The van der Waals surface area contributed by atoms with Gasteiger partial charge in [-0.1, -0.05) is 137 Å². The monoisotopic (exact) mass is 988 g/mol. The maximum absolute atomic E-state index is 7.49. The highest BCUT2D eigenvalue weighted by Gasteiger charge is 2.63. The minimum Gasteiger partial charge on any atom is -0.122 e. The fraction of sp³-hybridized carbons (Fsp3) is 0.0769. The van der Waals surface area contributed by atoms with Crippen molar-refractivity contribution in [3.05, 3.63) is 27.6 Å². The second-order valence-corrected chi connectivity index (χ2v) is 22.2. The van der Waals surface area contributed by atoms with Gasteiger partial charge in [0, 0.05) is 5.92 Å². The van der Waals surface area contributed by atoms with Crippen LogP contribution in [0, 0.1) is 5.92 Å². The lowest BCUT2D eigenvalue weighted by atomic mass is 9.16. The van der Waals surface area contributed by atoms with Gasteiger partial charge in [-0.3, -0.25) is 0 Å². The number of hydrogen-bond acceptors (Lipinski definition) is 0. The van der Waals surface area contributed by atoms with Crippen molar-refractivity contribution in [1.29, 1.82) is 0 Å². The molecule has 1 unspecified atom stereocenters. The van der Waals surface area contributed by atoms with Gasteiger partial charge in [0.15, 0.2) is 0 Å². The molecule has 1 atom stereocenters. The van der Waals surface area contributed by atoms with E-state index < -0.39 is 21.6 Å². The smallest absolute Gasteiger partial charge is 0.115 e. The highest BCUT2D eigenvalue weighted by Crippen LogP contribution is 2.71. The molecule has 85 heavy (non-hydrogen) atoms. The fourth-order valence-electron chi connectivity index (χ4n) is 14.4. The van der Waals surface area contributed by atoms with E-state index in [4.69, 9.17) is 259 Å². The summed E-state index contributed by atoms with van der Waals surface area (Å²) in [5.41, 5.74) is -7.61. The molecule has 0 saturated heterocycles. The van der Waals surface area contributed by atoms with Crippen molar-refractivity contribution < 1.29 is 0 Å². The molecular formula is C52HB33. The van der Waals surface area contributed by atoms with Crippen LogP contribution in [-0.4, -0.2) is 259 Å². The van der Waals surface area contributed by atoms with Gasteiger partial charge in [0.1, 0.15) is 212 Å². The van der Waals surface area contributed by atoms with E-state index >= 15 is 0 Å². The third kappa shape index (κ3) is 7.07. The zero-order chi connectivity index (χ0) is 62.8. The summed E-state index contributed by atoms with van der Waals surface area (Å²) < 4.78 is 0. The molecule has 0 N–H and O–H groups in total. The average molecular weight is 982 g/mol. The third-order valence-electron chi connectivity index (χ3n) is 18.2. The molecular weight excluding hydrogens is 981 g/mol. The molecule has 0 aromatic heterocycles. The first kappa shape index (κ1) is 61.2. The van der Waals surface area contributed by atoms with E-state index in [0.717, 1.165) is 0 Å². The van der Waals surface area contributed by atoms with Gasteiger partial charge in [-0.05, 0) is 120 Å². The summed E-state index contributed by atoms with van der Waals surface area (Å²) in [6, 6.07) is 0. The minimum atomic E-state index is -2.73. The summed E-state index contributed by atoms with van der Waals surface area (Å²) in [6.45, 7) is 0. The predicted octanol–water partition coefficient (Wildman–Crippen LogP) is -19.8. The van der Waals surface area contributed by atoms with E-state index in [1.165, 1.54) is 0 Å². The van der Waals surface area contributed by atoms with E-state index in [2.05, 4.69) is 0 Å². The molecule has 0 aliphatic heterocycles. The lowest BCUT2D eigenvalue weighted by Gasteiger charge is -2.60. The SMILES string of the molecule is [B]C1=C2c3c([B])c([B])c(-c4c([B])c([B])c(-c5c([B])c([B])c6c([B])c([B])c7c([B])c([B])c([B])c8c([B])c([B])c5c6c78)c([B])c4[B])c([B])c3C(C([B])([B])[B])(C([B])([B])[B])C2C(c2c([B])c([B])c3c([B])c([B])c4c([B])c([B])c([B])c5c([B])c([B])c2c3c45)=C1[B]. The fourth-order valence-corrected chi connectivity index (χ4v) is 14.4. The molecule has 33 heteroatoms. The summed E-state index contributed by atoms with van der Waals surface area (Å²) in [5.74, 6) is -1.63. The first-order chi connectivity index (χ1) is 39.3. The average Bonchev–Trinajstić information content (AvgIpc) is 1.75. The quantitative estimate of drug-likeness (QED) is 0.119. The molecule has 2 aliphatic carbocycles. The van der Waals surface area contributed by atoms with Gasteiger partial charge in [0.05, 0.1) is 47.1 Å². The van der Waals surface area contributed by atoms with Crippen molar-refractivity contribution >= 4 is 471 Å². The van der Waals surface area contributed by atoms with Gasteiger partial charge >= 0.3 is 0 Å². The van der Waals surface area contributed by atoms with Gasteiger partial charge in [-0.15, -0.1) is 21.2 Å². The van der Waals surface area contributed by atoms with Crippen LogP contribution in [0.15, 0.2) is 10.9 Å². The summed E-state index contributed by atoms with van der Waals surface area (Å²) in [7, 11) is 230. The summed E-state index contributed by atoms with van der Waals surface area (Å²) in [6.07, 6.45) is 0. The van der Waals surface area contributed by atoms with Crippen LogP contribution in [0.2, 0.25) is 10.2 Å². The Labute approximate surface area is 538 Å². The lowest BCUT2D eigenvalue weighted by molar-refractivity contribution is 0.399. The van der Waals surface area contributed by atoms with Gasteiger partial charge in [-0.25, -0.2) is 0 Å². The van der Waals surface area contributed by atoms with Crippen LogP contribution in [0.5, 0.6) is 0 Å². The van der Waals surface area contributed by atoms with Crippen LogP contribution in [-0.2, 0) is 5.41 Å². The molecule has 0 saturated carbocycles. The van der Waals surface area contributed by atoms with E-state index in [1.807, 2.05) is 0 Å². The number of allylic oxidation sites excluding steroid dienone is 4. The molecule has 0 amide bonds. The largest absolute Gasteiger partial charge is 0.122 e. The molecule has 308 valence electrons. The molecule has 10 aromatic carbocycles. The normalized spacial score (nSPS) is 15.3. The summed E-state index contributed by atoms with van der Waals surface area (Å²) >= 11 is 0. The van der Waals surface area contributed by atoms with E-state index in [1.54, 1.807) is 0 Å². The van der Waals surface area contributed by atoms with Crippen LogP contribution >= 0.6 is 0 Å². The summed E-state index contributed by atoms with van der Waals surface area (Å²) in [4.78, 5) is 0. The van der Waals surface area contributed by atoms with Gasteiger partial charge in [0.2, 0.25) is 0 Å². The number of fused-ring (bicyclic) bond motifs is 3. The van der Waals surface area contributed by atoms with Crippen LogP contribution in [0.3, 0.4) is 0 Å². The molecule has 2 aliphatic rings. The number of benzene rings is 10. The van der Waals surface area contributed by atoms with Crippen molar-refractivity contribution in [1.82, 2.24) is 0 Å². The Balaban J connectivity index is 1.18. The minimum absolute atomic E-state index is 0.00246. The van der Waals surface area contributed by atoms with Crippen LogP contribution in [0.4, 0.5) is 0 Å². The molecule has 10 aromatic rings. The molecule has 0 nitrogen and oxygen atoms in total. The lowest BCUT2D eigenvalue weighted by Crippen LogP contribution is -2.58. The highest BCUT2D eigenvalue weighted by molar-refractivity contribution is 6.79. The Hall–Kier alpha value is -4.10. The van der Waals surface area contributed by atoms with Crippen LogP contribution in [0.25, 0.3) is 98.0 Å². The summed E-state index contributed by atoms with van der Waals surface area (Å²) in [5, 5.41) is -3.30. The molecule has 66 radical (unpaired) electrons. The van der Waals surface area contributed by atoms with Gasteiger partial charge < -0.3 is 0 Å². The van der Waals surface area contributed by atoms with Gasteiger partial charge in [-0.2, -0.15) is 0 Å². The van der Waals surface area contributed by atoms with Crippen molar-refractivity contribution in [2.45, 2.75) is 15.6 Å². The molecule has 12 rings (SSSR count). The first-order valence-electron chi connectivity index (χ1n) is 25.4. The zero-order valence-electron chi connectivity index (χ0n) is 45.1. The Kier molecular flexibility index (Phi) is 13.8. The second-order valence-electron chi connectivity index (χ2n) is 22.2. The van der Waals surface area contributed by atoms with E-state index in [0.29, 0.717) is 0 Å². The van der Waals surface area contributed by atoms with E-state index in [9.17, 15) is 0 Å². The highest BCUT2D eigenvalue weighted by atomic mass is 14.6. The second kappa shape index (κ2) is 19.2. The van der Waals surface area contributed by atoms with Crippen LogP contribution in [0.1, 0.15) is 16.7 Å². The van der Waals surface area contributed by atoms with Crippen molar-refractivity contribution in [3.8, 4) is 22.3 Å². The Morgan fingerprint density at radius 3 is 0.706 bits per heavy atom.